The topological polar surface area (TPSA) is 92.4 Å². The van der Waals surface area contributed by atoms with E-state index in [1.165, 1.54) is 11.3 Å². The molecule has 1 rings (SSSR count). The number of carbonyl (C=O) groups excluding carboxylic acids is 2. The minimum atomic E-state index is -0.456. The third-order valence-electron chi connectivity index (χ3n) is 2.04. The van der Waals surface area contributed by atoms with Crippen molar-refractivity contribution in [2.24, 2.45) is 5.73 Å². The van der Waals surface area contributed by atoms with Gasteiger partial charge in [0.1, 0.15) is 6.61 Å². The zero-order valence-electron chi connectivity index (χ0n) is 9.90. The summed E-state index contributed by atoms with van der Waals surface area (Å²) in [5.41, 5.74) is 5.52. The van der Waals surface area contributed by atoms with Crippen LogP contribution in [0.2, 0.25) is 0 Å². The summed E-state index contributed by atoms with van der Waals surface area (Å²) < 4.78 is 0. The van der Waals surface area contributed by atoms with E-state index in [1.54, 1.807) is 18.4 Å². The molecule has 0 radical (unpaired) electrons. The van der Waals surface area contributed by atoms with Crippen LogP contribution in [0.4, 0.5) is 0 Å². The summed E-state index contributed by atoms with van der Waals surface area (Å²) in [6.07, 6.45) is 0.104. The molecule has 0 aliphatic carbocycles. The number of aliphatic hydroxyl groups is 1. The predicted molar refractivity (Wildman–Crippen MR) is 69.0 cm³/mol. The molecule has 0 spiro atoms. The summed E-state index contributed by atoms with van der Waals surface area (Å²) in [7, 11) is 0. The Hall–Kier alpha value is -1.84. The van der Waals surface area contributed by atoms with Crippen molar-refractivity contribution in [1.29, 1.82) is 0 Å². The van der Waals surface area contributed by atoms with Gasteiger partial charge >= 0.3 is 0 Å². The molecule has 0 aliphatic rings. The van der Waals surface area contributed by atoms with Gasteiger partial charge in [-0.2, -0.15) is 0 Å². The van der Waals surface area contributed by atoms with Gasteiger partial charge in [0.05, 0.1) is 10.4 Å². The number of hydrogen-bond donors (Lipinski definition) is 3. The van der Waals surface area contributed by atoms with E-state index in [0.717, 1.165) is 0 Å². The lowest BCUT2D eigenvalue weighted by Crippen LogP contribution is -2.35. The molecule has 0 saturated carbocycles. The highest BCUT2D eigenvalue weighted by molar-refractivity contribution is 7.10. The molecule has 2 amide bonds. The molecule has 1 heterocycles. The van der Waals surface area contributed by atoms with Gasteiger partial charge < -0.3 is 16.2 Å². The van der Waals surface area contributed by atoms with Gasteiger partial charge in [-0.3, -0.25) is 9.59 Å². The van der Waals surface area contributed by atoms with Crippen molar-refractivity contribution in [2.45, 2.75) is 19.4 Å². The van der Waals surface area contributed by atoms with Gasteiger partial charge in [-0.05, 0) is 13.0 Å². The maximum absolute atomic E-state index is 11.8. The van der Waals surface area contributed by atoms with E-state index in [2.05, 4.69) is 17.2 Å². The van der Waals surface area contributed by atoms with Crippen LogP contribution in [0.3, 0.4) is 0 Å². The Morgan fingerprint density at radius 2 is 2.33 bits per heavy atom. The normalized spacial score (nSPS) is 11.2. The molecule has 6 heteroatoms. The molecule has 96 valence electrons. The van der Waals surface area contributed by atoms with Crippen LogP contribution in [-0.4, -0.2) is 29.6 Å². The lowest BCUT2D eigenvalue weighted by molar-refractivity contribution is -0.118. The third kappa shape index (κ3) is 4.57. The van der Waals surface area contributed by atoms with E-state index in [4.69, 9.17) is 10.8 Å². The predicted octanol–water partition coefficient (Wildman–Crippen LogP) is 0.0856. The van der Waals surface area contributed by atoms with Gasteiger partial charge in [-0.25, -0.2) is 0 Å². The number of nitrogens with one attached hydrogen (secondary N) is 1. The van der Waals surface area contributed by atoms with Gasteiger partial charge in [0.25, 0.3) is 5.91 Å². The Bertz CT molecular complexity index is 499. The van der Waals surface area contributed by atoms with Crippen LogP contribution in [0, 0.1) is 11.8 Å². The standard InChI is InChI=1S/C12H14N2O3S/c1-8(5-11(13)16)14-12(17)9-6-10(18-7-9)3-2-4-15/h6-8,15H,4-5H2,1H3,(H2,13,16)(H,14,17). The van der Waals surface area contributed by atoms with Crippen LogP contribution in [0.25, 0.3) is 0 Å². The molecule has 0 fully saturated rings. The number of thiophene rings is 1. The Labute approximate surface area is 109 Å². The minimum absolute atomic E-state index is 0.104. The monoisotopic (exact) mass is 266 g/mol. The first-order chi connectivity index (χ1) is 8.52. The largest absolute Gasteiger partial charge is 0.384 e. The van der Waals surface area contributed by atoms with Crippen LogP contribution in [0.1, 0.15) is 28.6 Å². The third-order valence-corrected chi connectivity index (χ3v) is 2.88. The molecule has 5 nitrogen and oxygen atoms in total. The summed E-state index contributed by atoms with van der Waals surface area (Å²) >= 11 is 1.32. The molecule has 0 aromatic carbocycles. The van der Waals surface area contributed by atoms with E-state index < -0.39 is 5.91 Å². The number of rotatable bonds is 4. The lowest BCUT2D eigenvalue weighted by atomic mass is 10.2. The average molecular weight is 266 g/mol. The van der Waals surface area contributed by atoms with Crippen LogP contribution >= 0.6 is 11.3 Å². The van der Waals surface area contributed by atoms with Crippen molar-refractivity contribution in [2.75, 3.05) is 6.61 Å². The quantitative estimate of drug-likeness (QED) is 0.674. The van der Waals surface area contributed by atoms with Crippen molar-refractivity contribution < 1.29 is 14.7 Å². The zero-order chi connectivity index (χ0) is 13.5. The van der Waals surface area contributed by atoms with Gasteiger partial charge in [0.2, 0.25) is 5.91 Å². The highest BCUT2D eigenvalue weighted by Gasteiger charge is 2.12. The minimum Gasteiger partial charge on any atom is -0.384 e. The fourth-order valence-corrected chi connectivity index (χ4v) is 2.06. The molecule has 18 heavy (non-hydrogen) atoms. The lowest BCUT2D eigenvalue weighted by Gasteiger charge is -2.10. The fourth-order valence-electron chi connectivity index (χ4n) is 1.31. The molecule has 1 aromatic rings. The highest BCUT2D eigenvalue weighted by Crippen LogP contribution is 2.13. The number of nitrogens with two attached hydrogens (primary N) is 1. The van der Waals surface area contributed by atoms with E-state index in [9.17, 15) is 9.59 Å². The second-order valence-electron chi connectivity index (χ2n) is 3.70. The highest BCUT2D eigenvalue weighted by atomic mass is 32.1. The molecule has 1 aromatic heterocycles. The van der Waals surface area contributed by atoms with Crippen LogP contribution in [-0.2, 0) is 4.79 Å². The summed E-state index contributed by atoms with van der Waals surface area (Å²) in [6.45, 7) is 1.50. The van der Waals surface area contributed by atoms with Crippen LogP contribution in [0.5, 0.6) is 0 Å². The molecular weight excluding hydrogens is 252 g/mol. The summed E-state index contributed by atoms with van der Waals surface area (Å²) in [6, 6.07) is 1.33. The molecule has 0 aliphatic heterocycles. The van der Waals surface area contributed by atoms with Gasteiger partial charge in [0.15, 0.2) is 0 Å². The number of hydrogen-bond acceptors (Lipinski definition) is 4. The summed E-state index contributed by atoms with van der Waals surface area (Å²) in [5, 5.41) is 12.9. The number of amides is 2. The van der Waals surface area contributed by atoms with E-state index in [0.29, 0.717) is 10.4 Å². The Morgan fingerprint density at radius 3 is 2.94 bits per heavy atom. The second-order valence-corrected chi connectivity index (χ2v) is 4.62. The Morgan fingerprint density at radius 1 is 1.61 bits per heavy atom. The van der Waals surface area contributed by atoms with Gasteiger partial charge in [0, 0.05) is 17.8 Å². The maximum Gasteiger partial charge on any atom is 0.252 e. The smallest absolute Gasteiger partial charge is 0.252 e. The Kier molecular flexibility index (Phi) is 5.36. The number of carbonyl (C=O) groups is 2. The second kappa shape index (κ2) is 6.79. The van der Waals surface area contributed by atoms with Gasteiger partial charge in [-0.15, -0.1) is 11.3 Å². The maximum atomic E-state index is 11.8. The first-order valence-corrected chi connectivity index (χ1v) is 6.18. The van der Waals surface area contributed by atoms with Gasteiger partial charge in [-0.1, -0.05) is 11.8 Å². The summed E-state index contributed by atoms with van der Waals surface area (Å²) in [5.74, 6) is 4.50. The molecule has 1 atom stereocenters. The van der Waals surface area contributed by atoms with Crippen molar-refractivity contribution in [3.63, 3.8) is 0 Å². The fraction of sp³-hybridized carbons (Fsp3) is 0.333. The molecule has 0 bridgehead atoms. The summed E-state index contributed by atoms with van der Waals surface area (Å²) in [4.78, 5) is 23.2. The van der Waals surface area contributed by atoms with Crippen molar-refractivity contribution >= 4 is 23.2 Å². The van der Waals surface area contributed by atoms with Crippen LogP contribution in [0.15, 0.2) is 11.4 Å². The molecular formula is C12H14N2O3S. The first-order valence-electron chi connectivity index (χ1n) is 5.30. The molecule has 0 saturated heterocycles. The van der Waals surface area contributed by atoms with Crippen molar-refractivity contribution in [3.05, 3.63) is 21.9 Å². The zero-order valence-corrected chi connectivity index (χ0v) is 10.7. The number of primary amides is 1. The number of aliphatic hydroxyl groups excluding tert-OH is 1. The van der Waals surface area contributed by atoms with Crippen molar-refractivity contribution in [3.8, 4) is 11.8 Å². The molecule has 4 N–H and O–H groups in total. The SMILES string of the molecule is CC(CC(N)=O)NC(=O)c1csc(C#CCO)c1. The van der Waals surface area contributed by atoms with E-state index in [-0.39, 0.29) is 25.0 Å². The van der Waals surface area contributed by atoms with Crippen LogP contribution < -0.4 is 11.1 Å². The Balaban J connectivity index is 2.61. The van der Waals surface area contributed by atoms with Crippen molar-refractivity contribution in [1.82, 2.24) is 5.32 Å². The van der Waals surface area contributed by atoms with E-state index >= 15 is 0 Å². The molecule has 1 unspecified atom stereocenters. The van der Waals surface area contributed by atoms with E-state index in [1.807, 2.05) is 0 Å². The average Bonchev–Trinajstić information content (AvgIpc) is 2.73. The first kappa shape index (κ1) is 14.2.